The number of amides is 1. The van der Waals surface area contributed by atoms with E-state index in [1.54, 1.807) is 11.8 Å². The van der Waals surface area contributed by atoms with E-state index in [0.29, 0.717) is 5.75 Å². The second-order valence-electron chi connectivity index (χ2n) is 6.24. The summed E-state index contributed by atoms with van der Waals surface area (Å²) in [5, 5.41) is 3.03. The molecule has 122 valence electrons. The molecule has 1 amide bonds. The fourth-order valence-corrected chi connectivity index (χ4v) is 3.69. The van der Waals surface area contributed by atoms with Crippen LogP contribution in [-0.2, 0) is 4.79 Å². The Bertz CT molecular complexity index is 724. The summed E-state index contributed by atoms with van der Waals surface area (Å²) in [7, 11) is 0. The summed E-state index contributed by atoms with van der Waals surface area (Å²) in [4.78, 5) is 13.5. The van der Waals surface area contributed by atoms with Gasteiger partial charge in [-0.3, -0.25) is 4.79 Å². The van der Waals surface area contributed by atoms with Crippen molar-refractivity contribution in [2.24, 2.45) is 0 Å². The van der Waals surface area contributed by atoms with E-state index in [1.165, 1.54) is 27.1 Å². The first-order valence-corrected chi connectivity index (χ1v) is 8.85. The number of anilines is 1. The number of rotatable bonds is 4. The maximum atomic E-state index is 12.3. The molecule has 0 atom stereocenters. The van der Waals surface area contributed by atoms with E-state index in [4.69, 9.17) is 0 Å². The van der Waals surface area contributed by atoms with E-state index in [0.717, 1.165) is 16.8 Å². The average Bonchev–Trinajstić information content (AvgIpc) is 2.49. The first-order chi connectivity index (χ1) is 10.8. The maximum Gasteiger partial charge on any atom is 0.234 e. The lowest BCUT2D eigenvalue weighted by Gasteiger charge is -2.15. The normalized spacial score (nSPS) is 10.7. The molecule has 23 heavy (non-hydrogen) atoms. The van der Waals surface area contributed by atoms with Crippen LogP contribution in [0.4, 0.5) is 5.69 Å². The number of carbonyl (C=O) groups excluding carboxylic acids is 1. The summed E-state index contributed by atoms with van der Waals surface area (Å²) >= 11 is 1.63. The smallest absolute Gasteiger partial charge is 0.234 e. The Morgan fingerprint density at radius 3 is 2.13 bits per heavy atom. The molecule has 1 N–H and O–H groups in total. The second-order valence-corrected chi connectivity index (χ2v) is 7.23. The number of nitrogens with one attached hydrogen (secondary N) is 1. The van der Waals surface area contributed by atoms with E-state index in [-0.39, 0.29) is 5.91 Å². The number of aryl methyl sites for hydroxylation is 4. The van der Waals surface area contributed by atoms with E-state index >= 15 is 0 Å². The fraction of sp³-hybridized carbons (Fsp3) is 0.350. The molecule has 0 bridgehead atoms. The van der Waals surface area contributed by atoms with Gasteiger partial charge in [-0.15, -0.1) is 11.8 Å². The van der Waals surface area contributed by atoms with E-state index in [1.807, 2.05) is 26.0 Å². The van der Waals surface area contributed by atoms with Gasteiger partial charge in [-0.25, -0.2) is 0 Å². The van der Waals surface area contributed by atoms with Crippen molar-refractivity contribution in [2.45, 2.75) is 46.4 Å². The molecule has 0 fully saturated rings. The van der Waals surface area contributed by atoms with Gasteiger partial charge in [0.25, 0.3) is 0 Å². The number of hydrogen-bond acceptors (Lipinski definition) is 2. The maximum absolute atomic E-state index is 12.3. The minimum atomic E-state index is 0.0432. The molecule has 0 aliphatic rings. The van der Waals surface area contributed by atoms with Crippen LogP contribution in [0.1, 0.15) is 33.4 Å². The number of hydrogen-bond donors (Lipinski definition) is 1. The molecule has 2 rings (SSSR count). The zero-order chi connectivity index (χ0) is 17.1. The van der Waals surface area contributed by atoms with Crippen LogP contribution in [0.25, 0.3) is 0 Å². The first kappa shape index (κ1) is 17.6. The van der Waals surface area contributed by atoms with Crippen LogP contribution < -0.4 is 5.32 Å². The van der Waals surface area contributed by atoms with E-state index < -0.39 is 0 Å². The van der Waals surface area contributed by atoms with Crippen LogP contribution in [0.15, 0.2) is 29.2 Å². The topological polar surface area (TPSA) is 29.1 Å². The van der Waals surface area contributed by atoms with Crippen LogP contribution >= 0.6 is 11.8 Å². The fourth-order valence-electron chi connectivity index (χ4n) is 2.59. The first-order valence-electron chi connectivity index (χ1n) is 7.87. The molecule has 0 unspecified atom stereocenters. The summed E-state index contributed by atoms with van der Waals surface area (Å²) in [6.45, 7) is 12.6. The quantitative estimate of drug-likeness (QED) is 0.775. The highest BCUT2D eigenvalue weighted by molar-refractivity contribution is 8.00. The Morgan fingerprint density at radius 2 is 1.52 bits per heavy atom. The van der Waals surface area contributed by atoms with Gasteiger partial charge in [-0.1, -0.05) is 18.2 Å². The van der Waals surface area contributed by atoms with Crippen molar-refractivity contribution >= 4 is 23.4 Å². The Labute approximate surface area is 143 Å². The molecular formula is C20H25NOS. The van der Waals surface area contributed by atoms with Crippen LogP contribution in [0.2, 0.25) is 0 Å². The van der Waals surface area contributed by atoms with Gasteiger partial charge in [-0.2, -0.15) is 0 Å². The molecular weight excluding hydrogens is 302 g/mol. The Balaban J connectivity index is 2.10. The van der Waals surface area contributed by atoms with E-state index in [9.17, 15) is 4.79 Å². The molecule has 0 spiro atoms. The van der Waals surface area contributed by atoms with Gasteiger partial charge in [0.15, 0.2) is 0 Å². The second kappa shape index (κ2) is 7.22. The molecule has 0 aliphatic carbocycles. The molecule has 0 heterocycles. The molecule has 0 aliphatic heterocycles. The predicted octanol–water partition coefficient (Wildman–Crippen LogP) is 5.27. The third-order valence-corrected chi connectivity index (χ3v) is 5.62. The van der Waals surface area contributed by atoms with Gasteiger partial charge in [0.1, 0.15) is 0 Å². The van der Waals surface area contributed by atoms with Gasteiger partial charge < -0.3 is 5.32 Å². The molecule has 2 aromatic carbocycles. The Kier molecular flexibility index (Phi) is 5.53. The highest BCUT2D eigenvalue weighted by atomic mass is 32.2. The minimum Gasteiger partial charge on any atom is -0.325 e. The van der Waals surface area contributed by atoms with Crippen LogP contribution in [0.3, 0.4) is 0 Å². The van der Waals surface area contributed by atoms with Crippen LogP contribution in [-0.4, -0.2) is 11.7 Å². The van der Waals surface area contributed by atoms with Crippen molar-refractivity contribution in [3.05, 3.63) is 57.6 Å². The molecule has 0 radical (unpaired) electrons. The predicted molar refractivity (Wildman–Crippen MR) is 101 cm³/mol. The molecule has 0 saturated heterocycles. The zero-order valence-electron chi connectivity index (χ0n) is 14.8. The minimum absolute atomic E-state index is 0.0432. The van der Waals surface area contributed by atoms with E-state index in [2.05, 4.69) is 45.1 Å². The van der Waals surface area contributed by atoms with Crippen LogP contribution in [0.5, 0.6) is 0 Å². The van der Waals surface area contributed by atoms with Gasteiger partial charge in [-0.05, 0) is 81.0 Å². The summed E-state index contributed by atoms with van der Waals surface area (Å²) in [5.41, 5.74) is 8.27. The molecule has 2 nitrogen and oxygen atoms in total. The monoisotopic (exact) mass is 327 g/mol. The highest BCUT2D eigenvalue weighted by Crippen LogP contribution is 2.31. The summed E-state index contributed by atoms with van der Waals surface area (Å²) in [5.74, 6) is 0.472. The lowest BCUT2D eigenvalue weighted by atomic mass is 10.0. The SMILES string of the molecule is Cc1ccc(C)c(NC(=O)CSc2c(C)c(C)cc(C)c2C)c1. The van der Waals surface area contributed by atoms with Crippen molar-refractivity contribution in [1.29, 1.82) is 0 Å². The number of carbonyl (C=O) groups is 1. The average molecular weight is 327 g/mol. The Hall–Kier alpha value is -1.74. The van der Waals surface area contributed by atoms with Crippen molar-refractivity contribution in [2.75, 3.05) is 11.1 Å². The van der Waals surface area contributed by atoms with Gasteiger partial charge >= 0.3 is 0 Å². The highest BCUT2D eigenvalue weighted by Gasteiger charge is 2.12. The molecule has 0 saturated carbocycles. The molecule has 3 heteroatoms. The third-order valence-electron chi connectivity index (χ3n) is 4.31. The molecule has 0 aromatic heterocycles. The summed E-state index contributed by atoms with van der Waals surface area (Å²) < 4.78 is 0. The lowest BCUT2D eigenvalue weighted by molar-refractivity contribution is -0.113. The van der Waals surface area contributed by atoms with Gasteiger partial charge in [0.05, 0.1) is 5.75 Å². The number of thioether (sulfide) groups is 1. The van der Waals surface area contributed by atoms with Gasteiger partial charge in [0, 0.05) is 10.6 Å². The van der Waals surface area contributed by atoms with Crippen molar-refractivity contribution in [3.8, 4) is 0 Å². The Morgan fingerprint density at radius 1 is 0.913 bits per heavy atom. The number of benzene rings is 2. The standard InChI is InChI=1S/C20H25NOS/c1-12-7-8-13(2)18(9-12)21-19(22)11-23-20-16(5)14(3)10-15(4)17(20)6/h7-10H,11H2,1-6H3,(H,21,22). The largest absolute Gasteiger partial charge is 0.325 e. The summed E-state index contributed by atoms with van der Waals surface area (Å²) in [6.07, 6.45) is 0. The molecule has 2 aromatic rings. The summed E-state index contributed by atoms with van der Waals surface area (Å²) in [6, 6.07) is 8.33. The van der Waals surface area contributed by atoms with Crippen molar-refractivity contribution in [1.82, 2.24) is 0 Å². The lowest BCUT2D eigenvalue weighted by Crippen LogP contribution is -2.15. The third kappa shape index (κ3) is 4.17. The van der Waals surface area contributed by atoms with Crippen LogP contribution in [0, 0.1) is 41.5 Å². The zero-order valence-corrected chi connectivity index (χ0v) is 15.6. The van der Waals surface area contributed by atoms with Crippen molar-refractivity contribution in [3.63, 3.8) is 0 Å². The van der Waals surface area contributed by atoms with Gasteiger partial charge in [0.2, 0.25) is 5.91 Å². The van der Waals surface area contributed by atoms with Crippen molar-refractivity contribution < 1.29 is 4.79 Å².